The van der Waals surface area contributed by atoms with Crippen molar-refractivity contribution in [2.45, 2.75) is 92.4 Å². The van der Waals surface area contributed by atoms with Crippen LogP contribution in [-0.4, -0.2) is 51.4 Å². The third kappa shape index (κ3) is 4.25. The number of aryl methyl sites for hydroxylation is 1. The van der Waals surface area contributed by atoms with Gasteiger partial charge in [0.1, 0.15) is 18.4 Å². The first-order valence-electron chi connectivity index (χ1n) is 13.6. The number of Topliss-reactive ketones (excluding diaryl/α,β-unsaturated/α-hetero) is 1. The molecule has 0 saturated heterocycles. The lowest BCUT2D eigenvalue weighted by molar-refractivity contribution is -0.207. The molecule has 3 aliphatic rings. The molecule has 37 heavy (non-hydrogen) atoms. The van der Waals surface area contributed by atoms with Crippen LogP contribution in [-0.2, 0) is 25.6 Å². The standard InChI is InChI=1S/C29H42N2O6/c1-8-27(6)15-22(37-23(33)16-31-18(4)14-20(30-31)26(35)36-9-2)28(7)17(3)10-12-29(19(5)25(27)34)13-11-21(32)24(28)29/h8,14,17,19,22,24-25,34H,1,9-13,15-16H2,2-7H3/t17?,19-,22+,24?,25-,27+,28-,29-/m0/s1. The molecule has 2 unspecified atom stereocenters. The number of esters is 2. The molecule has 0 amide bonds. The van der Waals surface area contributed by atoms with Gasteiger partial charge in [0.2, 0.25) is 0 Å². The molecule has 0 aromatic carbocycles. The maximum atomic E-state index is 13.5. The summed E-state index contributed by atoms with van der Waals surface area (Å²) in [6.45, 7) is 15.9. The molecule has 8 heteroatoms. The van der Waals surface area contributed by atoms with Crippen molar-refractivity contribution < 1.29 is 29.0 Å². The molecule has 0 radical (unpaired) electrons. The fourth-order valence-corrected chi connectivity index (χ4v) is 7.79. The van der Waals surface area contributed by atoms with E-state index in [2.05, 4.69) is 32.4 Å². The summed E-state index contributed by atoms with van der Waals surface area (Å²) in [5, 5.41) is 15.9. The van der Waals surface area contributed by atoms with Crippen LogP contribution in [0.1, 0.15) is 82.9 Å². The minimum absolute atomic E-state index is 0.0801. The Balaban J connectivity index is 1.70. The average molecular weight is 515 g/mol. The number of aromatic nitrogens is 2. The van der Waals surface area contributed by atoms with Crippen molar-refractivity contribution in [3.8, 4) is 0 Å². The Labute approximate surface area is 219 Å². The Kier molecular flexibility index (Phi) is 7.21. The molecule has 3 saturated carbocycles. The summed E-state index contributed by atoms with van der Waals surface area (Å²) < 4.78 is 12.7. The second-order valence-electron chi connectivity index (χ2n) is 12.1. The maximum Gasteiger partial charge on any atom is 0.358 e. The van der Waals surface area contributed by atoms with Gasteiger partial charge in [-0.15, -0.1) is 6.58 Å². The number of carbonyl (C=O) groups is 3. The third-order valence-corrected chi connectivity index (χ3v) is 10.3. The molecule has 0 aliphatic heterocycles. The van der Waals surface area contributed by atoms with Crippen LogP contribution < -0.4 is 0 Å². The van der Waals surface area contributed by atoms with Gasteiger partial charge in [-0.2, -0.15) is 5.10 Å². The van der Waals surface area contributed by atoms with Crippen LogP contribution in [0.25, 0.3) is 0 Å². The minimum atomic E-state index is -0.710. The van der Waals surface area contributed by atoms with Crippen LogP contribution in [0.5, 0.6) is 0 Å². The predicted molar refractivity (Wildman–Crippen MR) is 138 cm³/mol. The van der Waals surface area contributed by atoms with E-state index in [4.69, 9.17) is 9.47 Å². The van der Waals surface area contributed by atoms with Crippen molar-refractivity contribution in [2.75, 3.05) is 6.61 Å². The average Bonchev–Trinajstić information content (AvgIpc) is 3.40. The summed E-state index contributed by atoms with van der Waals surface area (Å²) in [7, 11) is 0. The molecule has 0 spiro atoms. The summed E-state index contributed by atoms with van der Waals surface area (Å²) in [6, 6.07) is 1.59. The highest BCUT2D eigenvalue weighted by Gasteiger charge is 2.68. The van der Waals surface area contributed by atoms with E-state index in [0.717, 1.165) is 19.3 Å². The van der Waals surface area contributed by atoms with Gasteiger partial charge < -0.3 is 14.6 Å². The van der Waals surface area contributed by atoms with Crippen LogP contribution in [0.15, 0.2) is 18.7 Å². The molecule has 204 valence electrons. The number of hydrogen-bond acceptors (Lipinski definition) is 7. The number of ketones is 1. The molecule has 2 bridgehead atoms. The summed E-state index contributed by atoms with van der Waals surface area (Å²) in [6.07, 6.45) is 3.92. The van der Waals surface area contributed by atoms with E-state index >= 15 is 0 Å². The van der Waals surface area contributed by atoms with E-state index in [1.807, 2.05) is 6.92 Å². The van der Waals surface area contributed by atoms with E-state index in [1.165, 1.54) is 4.68 Å². The molecule has 3 aliphatic carbocycles. The van der Waals surface area contributed by atoms with Crippen molar-refractivity contribution >= 4 is 17.7 Å². The van der Waals surface area contributed by atoms with Crippen LogP contribution in [0.4, 0.5) is 0 Å². The Morgan fingerprint density at radius 1 is 1.30 bits per heavy atom. The largest absolute Gasteiger partial charge is 0.461 e. The van der Waals surface area contributed by atoms with Crippen molar-refractivity contribution in [2.24, 2.45) is 34.0 Å². The molecule has 8 atom stereocenters. The molecule has 8 nitrogen and oxygen atoms in total. The lowest BCUT2D eigenvalue weighted by Gasteiger charge is -2.61. The zero-order chi connectivity index (χ0) is 27.3. The van der Waals surface area contributed by atoms with E-state index in [1.54, 1.807) is 26.0 Å². The Morgan fingerprint density at radius 2 is 2.00 bits per heavy atom. The fourth-order valence-electron chi connectivity index (χ4n) is 7.79. The number of carbonyl (C=O) groups excluding carboxylic acids is 3. The Morgan fingerprint density at radius 3 is 2.65 bits per heavy atom. The van der Waals surface area contributed by atoms with Gasteiger partial charge in [-0.3, -0.25) is 14.3 Å². The van der Waals surface area contributed by atoms with Crippen LogP contribution in [0.2, 0.25) is 0 Å². The van der Waals surface area contributed by atoms with Gasteiger partial charge in [-0.05, 0) is 62.8 Å². The number of nitrogens with zero attached hydrogens (tertiary/aromatic N) is 2. The highest BCUT2D eigenvalue weighted by Crippen LogP contribution is 2.68. The Bertz CT molecular complexity index is 1100. The maximum absolute atomic E-state index is 13.5. The first kappa shape index (κ1) is 27.6. The highest BCUT2D eigenvalue weighted by atomic mass is 16.5. The SMILES string of the molecule is C=C[C@]1(C)C[C@@H](OC(=O)Cn2nc(C(=O)OCC)cc2C)[C@]2(C)C(C)CC[C@]3(CCC(=O)C32)[C@@H](C)[C@@H]1O. The molecule has 1 aromatic heterocycles. The Hall–Kier alpha value is -2.48. The number of rotatable bonds is 6. The second kappa shape index (κ2) is 9.68. The summed E-state index contributed by atoms with van der Waals surface area (Å²) in [5.74, 6) is -1.01. The monoisotopic (exact) mass is 514 g/mol. The number of hydrogen-bond donors (Lipinski definition) is 1. The van der Waals surface area contributed by atoms with Gasteiger partial charge in [0.25, 0.3) is 0 Å². The van der Waals surface area contributed by atoms with Crippen molar-refractivity contribution in [1.82, 2.24) is 9.78 Å². The number of aliphatic hydroxyl groups is 1. The molecule has 1 heterocycles. The molecular formula is C29H42N2O6. The minimum Gasteiger partial charge on any atom is -0.461 e. The molecule has 1 aromatic rings. The zero-order valence-corrected chi connectivity index (χ0v) is 23.1. The van der Waals surface area contributed by atoms with Crippen molar-refractivity contribution in [3.05, 3.63) is 30.1 Å². The first-order valence-corrected chi connectivity index (χ1v) is 13.6. The van der Waals surface area contributed by atoms with E-state index < -0.39 is 35.0 Å². The summed E-state index contributed by atoms with van der Waals surface area (Å²) >= 11 is 0. The van der Waals surface area contributed by atoms with Gasteiger partial charge >= 0.3 is 11.9 Å². The van der Waals surface area contributed by atoms with Crippen LogP contribution in [0, 0.1) is 40.9 Å². The first-order chi connectivity index (χ1) is 17.3. The van der Waals surface area contributed by atoms with Crippen molar-refractivity contribution in [3.63, 3.8) is 0 Å². The molecule has 3 fully saturated rings. The smallest absolute Gasteiger partial charge is 0.358 e. The second-order valence-corrected chi connectivity index (χ2v) is 12.1. The van der Waals surface area contributed by atoms with Crippen LogP contribution in [0.3, 0.4) is 0 Å². The van der Waals surface area contributed by atoms with Crippen molar-refractivity contribution in [1.29, 1.82) is 0 Å². The van der Waals surface area contributed by atoms with Gasteiger partial charge in [-0.1, -0.05) is 33.8 Å². The van der Waals surface area contributed by atoms with Gasteiger partial charge in [0.05, 0.1) is 12.7 Å². The van der Waals surface area contributed by atoms with E-state index in [-0.39, 0.29) is 47.8 Å². The lowest BCUT2D eigenvalue weighted by Crippen LogP contribution is -2.63. The highest BCUT2D eigenvalue weighted by molar-refractivity contribution is 5.87. The lowest BCUT2D eigenvalue weighted by atomic mass is 9.44. The van der Waals surface area contributed by atoms with Gasteiger partial charge in [0.15, 0.2) is 5.69 Å². The fraction of sp³-hybridized carbons (Fsp3) is 0.724. The quantitative estimate of drug-likeness (QED) is 0.446. The summed E-state index contributed by atoms with van der Waals surface area (Å²) in [4.78, 5) is 39.0. The topological polar surface area (TPSA) is 108 Å². The molecular weight excluding hydrogens is 472 g/mol. The zero-order valence-electron chi connectivity index (χ0n) is 23.1. The van der Waals surface area contributed by atoms with E-state index in [9.17, 15) is 19.5 Å². The van der Waals surface area contributed by atoms with Crippen LogP contribution >= 0.6 is 0 Å². The van der Waals surface area contributed by atoms with E-state index in [0.29, 0.717) is 18.5 Å². The number of aliphatic hydroxyl groups excluding tert-OH is 1. The summed E-state index contributed by atoms with van der Waals surface area (Å²) in [5.41, 5.74) is -0.801. The predicted octanol–water partition coefficient (Wildman–Crippen LogP) is 4.27. The molecule has 4 rings (SSSR count). The van der Waals surface area contributed by atoms with Gasteiger partial charge in [-0.25, -0.2) is 4.79 Å². The number of ether oxygens (including phenoxy) is 2. The third-order valence-electron chi connectivity index (χ3n) is 10.3. The van der Waals surface area contributed by atoms with Gasteiger partial charge in [0, 0.05) is 28.9 Å². The molecule has 1 N–H and O–H groups in total. The normalized spacial score (nSPS) is 39.3.